The van der Waals surface area contributed by atoms with Crippen LogP contribution in [0, 0.1) is 5.82 Å². The molecule has 76 valence electrons. The van der Waals surface area contributed by atoms with E-state index in [1.807, 2.05) is 0 Å². The van der Waals surface area contributed by atoms with Gasteiger partial charge in [-0.3, -0.25) is 0 Å². The van der Waals surface area contributed by atoms with E-state index < -0.39 is 0 Å². The Hall–Kier alpha value is -1.38. The third kappa shape index (κ3) is 2.10. The molecule has 1 aromatic carbocycles. The van der Waals surface area contributed by atoms with Crippen molar-refractivity contribution in [3.63, 3.8) is 0 Å². The predicted molar refractivity (Wildman–Crippen MR) is 55.2 cm³/mol. The third-order valence-corrected chi connectivity index (χ3v) is 2.18. The summed E-state index contributed by atoms with van der Waals surface area (Å²) in [5, 5.41) is 0. The number of nitrogens with zero attached hydrogens (tertiary/aromatic N) is 1. The molecule has 0 amide bonds. The van der Waals surface area contributed by atoms with E-state index in [0.29, 0.717) is 11.3 Å². The van der Waals surface area contributed by atoms with Crippen LogP contribution in [0.1, 0.15) is 18.4 Å². The fourth-order valence-electron chi connectivity index (χ4n) is 1.25. The molecule has 0 saturated heterocycles. The molecule has 0 spiro atoms. The molecule has 1 unspecified atom stereocenters. The second-order valence-electron chi connectivity index (χ2n) is 3.53. The van der Waals surface area contributed by atoms with Crippen molar-refractivity contribution in [2.24, 2.45) is 0 Å². The lowest BCUT2D eigenvalue weighted by molar-refractivity contribution is -0.108. The summed E-state index contributed by atoms with van der Waals surface area (Å²) in [7, 11) is 3.56. The van der Waals surface area contributed by atoms with Crippen molar-refractivity contribution >= 4 is 12.0 Å². The largest absolute Gasteiger partial charge is 0.375 e. The molecule has 0 aliphatic carbocycles. The molecule has 0 aliphatic rings. The molecule has 0 aliphatic heterocycles. The quantitative estimate of drug-likeness (QED) is 0.689. The minimum Gasteiger partial charge on any atom is -0.375 e. The monoisotopic (exact) mass is 195 g/mol. The number of aldehydes is 1. The van der Waals surface area contributed by atoms with Gasteiger partial charge in [0.1, 0.15) is 12.1 Å². The molecule has 0 N–H and O–H groups in total. The summed E-state index contributed by atoms with van der Waals surface area (Å²) in [5.41, 5.74) is 1.25. The zero-order chi connectivity index (χ0) is 10.7. The van der Waals surface area contributed by atoms with Crippen LogP contribution in [0.25, 0.3) is 0 Å². The highest BCUT2D eigenvalue weighted by atomic mass is 19.1. The first kappa shape index (κ1) is 10.7. The van der Waals surface area contributed by atoms with Gasteiger partial charge in [0.05, 0.1) is 5.69 Å². The summed E-state index contributed by atoms with van der Waals surface area (Å²) in [6.45, 7) is 1.75. The zero-order valence-corrected chi connectivity index (χ0v) is 8.62. The van der Waals surface area contributed by atoms with Crippen LogP contribution < -0.4 is 4.90 Å². The Bertz CT molecular complexity index is 336. The number of carbonyl (C=O) groups is 1. The van der Waals surface area contributed by atoms with Gasteiger partial charge in [0.15, 0.2) is 0 Å². The van der Waals surface area contributed by atoms with Crippen molar-refractivity contribution < 1.29 is 9.18 Å². The molecule has 3 heteroatoms. The van der Waals surface area contributed by atoms with E-state index in [-0.39, 0.29) is 11.7 Å². The average molecular weight is 195 g/mol. The molecule has 1 atom stereocenters. The summed E-state index contributed by atoms with van der Waals surface area (Å²) in [5.74, 6) is -0.540. The highest BCUT2D eigenvalue weighted by molar-refractivity contribution is 5.62. The molecular weight excluding hydrogens is 181 g/mol. The number of anilines is 1. The maximum absolute atomic E-state index is 13.4. The fraction of sp³-hybridized carbons (Fsp3) is 0.364. The summed E-state index contributed by atoms with van der Waals surface area (Å²) < 4.78 is 13.4. The van der Waals surface area contributed by atoms with Crippen LogP contribution in [0.4, 0.5) is 10.1 Å². The Kier molecular flexibility index (Phi) is 3.23. The number of benzene rings is 1. The van der Waals surface area contributed by atoms with E-state index in [1.165, 1.54) is 6.07 Å². The second kappa shape index (κ2) is 4.22. The Labute approximate surface area is 83.3 Å². The summed E-state index contributed by atoms with van der Waals surface area (Å²) >= 11 is 0. The fourth-order valence-corrected chi connectivity index (χ4v) is 1.25. The molecule has 1 rings (SSSR count). The Morgan fingerprint density at radius 1 is 1.43 bits per heavy atom. The van der Waals surface area contributed by atoms with E-state index in [1.54, 1.807) is 38.1 Å². The predicted octanol–water partition coefficient (Wildman–Crippen LogP) is 2.19. The molecule has 2 nitrogen and oxygen atoms in total. The molecule has 0 bridgehead atoms. The van der Waals surface area contributed by atoms with Crippen molar-refractivity contribution in [2.75, 3.05) is 19.0 Å². The Morgan fingerprint density at radius 2 is 2.07 bits per heavy atom. The summed E-state index contributed by atoms with van der Waals surface area (Å²) in [6.07, 6.45) is 0.810. The number of hydrogen-bond donors (Lipinski definition) is 0. The van der Waals surface area contributed by atoms with Gasteiger partial charge in [-0.1, -0.05) is 13.0 Å². The molecule has 0 aromatic heterocycles. The minimum absolute atomic E-state index is 0.249. The van der Waals surface area contributed by atoms with Gasteiger partial charge in [-0.25, -0.2) is 4.39 Å². The molecule has 0 heterocycles. The zero-order valence-electron chi connectivity index (χ0n) is 8.62. The van der Waals surface area contributed by atoms with Gasteiger partial charge in [0.25, 0.3) is 0 Å². The number of rotatable bonds is 3. The highest BCUT2D eigenvalue weighted by Crippen LogP contribution is 2.21. The molecule has 0 radical (unpaired) electrons. The standard InChI is InChI=1S/C11H14FNO/c1-8(7-14)9-4-5-11(13(2)3)10(12)6-9/h4-8H,1-3H3. The van der Waals surface area contributed by atoms with Gasteiger partial charge >= 0.3 is 0 Å². The summed E-state index contributed by atoms with van der Waals surface area (Å²) in [4.78, 5) is 12.2. The van der Waals surface area contributed by atoms with Gasteiger partial charge in [0.2, 0.25) is 0 Å². The van der Waals surface area contributed by atoms with Gasteiger partial charge in [0, 0.05) is 20.0 Å². The van der Waals surface area contributed by atoms with Crippen LogP contribution >= 0.6 is 0 Å². The minimum atomic E-state index is -0.291. The van der Waals surface area contributed by atoms with Crippen LogP contribution in [-0.4, -0.2) is 20.4 Å². The van der Waals surface area contributed by atoms with E-state index in [0.717, 1.165) is 6.29 Å². The maximum Gasteiger partial charge on any atom is 0.146 e. The van der Waals surface area contributed by atoms with Crippen molar-refractivity contribution in [2.45, 2.75) is 12.8 Å². The molecule has 14 heavy (non-hydrogen) atoms. The Balaban J connectivity index is 3.06. The van der Waals surface area contributed by atoms with Gasteiger partial charge in [-0.05, 0) is 17.7 Å². The summed E-state index contributed by atoms with van der Waals surface area (Å²) in [6, 6.07) is 4.87. The molecular formula is C11H14FNO. The molecule has 0 saturated carbocycles. The molecule has 1 aromatic rings. The lowest BCUT2D eigenvalue weighted by Gasteiger charge is -2.14. The maximum atomic E-state index is 13.4. The van der Waals surface area contributed by atoms with Gasteiger partial charge < -0.3 is 9.69 Å². The van der Waals surface area contributed by atoms with Crippen LogP contribution in [0.2, 0.25) is 0 Å². The number of carbonyl (C=O) groups excluding carboxylic acids is 1. The van der Waals surface area contributed by atoms with E-state index in [4.69, 9.17) is 0 Å². The topological polar surface area (TPSA) is 20.3 Å². The smallest absolute Gasteiger partial charge is 0.146 e. The average Bonchev–Trinajstić information content (AvgIpc) is 2.15. The van der Waals surface area contributed by atoms with Crippen LogP contribution in [0.3, 0.4) is 0 Å². The lowest BCUT2D eigenvalue weighted by atomic mass is 10.0. The van der Waals surface area contributed by atoms with Crippen LogP contribution in [0.5, 0.6) is 0 Å². The van der Waals surface area contributed by atoms with Crippen LogP contribution in [-0.2, 0) is 4.79 Å². The first-order valence-corrected chi connectivity index (χ1v) is 4.48. The SMILES string of the molecule is CC(C=O)c1ccc(N(C)C)c(F)c1. The van der Waals surface area contributed by atoms with Gasteiger partial charge in [-0.2, -0.15) is 0 Å². The first-order chi connectivity index (χ1) is 6.56. The highest BCUT2D eigenvalue weighted by Gasteiger charge is 2.09. The van der Waals surface area contributed by atoms with E-state index >= 15 is 0 Å². The first-order valence-electron chi connectivity index (χ1n) is 4.48. The number of halogens is 1. The van der Waals surface area contributed by atoms with E-state index in [2.05, 4.69) is 0 Å². The lowest BCUT2D eigenvalue weighted by Crippen LogP contribution is -2.11. The second-order valence-corrected chi connectivity index (χ2v) is 3.53. The number of hydrogen-bond acceptors (Lipinski definition) is 2. The van der Waals surface area contributed by atoms with Crippen molar-refractivity contribution in [3.05, 3.63) is 29.6 Å². The van der Waals surface area contributed by atoms with Gasteiger partial charge in [-0.15, -0.1) is 0 Å². The van der Waals surface area contributed by atoms with Crippen LogP contribution in [0.15, 0.2) is 18.2 Å². The molecule has 0 fully saturated rings. The van der Waals surface area contributed by atoms with E-state index in [9.17, 15) is 9.18 Å². The third-order valence-electron chi connectivity index (χ3n) is 2.18. The normalized spacial score (nSPS) is 12.3. The van der Waals surface area contributed by atoms with Crippen molar-refractivity contribution in [3.8, 4) is 0 Å². The van der Waals surface area contributed by atoms with Crippen molar-refractivity contribution in [1.29, 1.82) is 0 Å². The Morgan fingerprint density at radius 3 is 2.50 bits per heavy atom. The van der Waals surface area contributed by atoms with Crippen molar-refractivity contribution in [1.82, 2.24) is 0 Å².